The molecule has 7 heteroatoms. The summed E-state index contributed by atoms with van der Waals surface area (Å²) >= 11 is 3.34. The number of halogens is 1. The van der Waals surface area contributed by atoms with Crippen LogP contribution in [0.5, 0.6) is 0 Å². The molecule has 24 heavy (non-hydrogen) atoms. The van der Waals surface area contributed by atoms with Crippen molar-refractivity contribution in [3.8, 4) is 0 Å². The third-order valence-electron chi connectivity index (χ3n) is 3.30. The Hall–Kier alpha value is -0.990. The molecule has 1 aromatic rings. The number of hydrogen-bond acceptors (Lipinski definition) is 6. The van der Waals surface area contributed by atoms with E-state index in [0.717, 1.165) is 17.3 Å². The van der Waals surface area contributed by atoms with E-state index in [1.54, 1.807) is 24.3 Å². The maximum Gasteiger partial charge on any atom is 0.340 e. The minimum absolute atomic E-state index is 0.183. The molecule has 6 nitrogen and oxygen atoms in total. The monoisotopic (exact) mass is 402 g/mol. The second-order valence-corrected chi connectivity index (χ2v) is 6.13. The van der Waals surface area contributed by atoms with Crippen LogP contribution in [0.2, 0.25) is 0 Å². The number of benzene rings is 1. The molecule has 0 aromatic heterocycles. The zero-order valence-corrected chi connectivity index (χ0v) is 15.2. The SMILES string of the molecule is O=C(OC1COCCOCCOCCCCO1)c1ccc(Br)cc1. The highest BCUT2D eigenvalue weighted by atomic mass is 79.9. The average molecular weight is 403 g/mol. The molecule has 0 aliphatic carbocycles. The average Bonchev–Trinajstić information content (AvgIpc) is 2.58. The summed E-state index contributed by atoms with van der Waals surface area (Å²) in [6.07, 6.45) is 0.978. The van der Waals surface area contributed by atoms with E-state index in [4.69, 9.17) is 23.7 Å². The molecular weight excluding hydrogens is 380 g/mol. The highest BCUT2D eigenvalue weighted by Gasteiger charge is 2.17. The van der Waals surface area contributed by atoms with Gasteiger partial charge in [-0.25, -0.2) is 4.79 Å². The highest BCUT2D eigenvalue weighted by molar-refractivity contribution is 9.10. The second-order valence-electron chi connectivity index (χ2n) is 5.22. The lowest BCUT2D eigenvalue weighted by Crippen LogP contribution is -2.28. The molecule has 1 aliphatic rings. The van der Waals surface area contributed by atoms with Crippen molar-refractivity contribution >= 4 is 21.9 Å². The van der Waals surface area contributed by atoms with E-state index in [9.17, 15) is 4.79 Å². The Morgan fingerprint density at radius 2 is 1.54 bits per heavy atom. The van der Waals surface area contributed by atoms with Crippen LogP contribution in [-0.2, 0) is 23.7 Å². The summed E-state index contributed by atoms with van der Waals surface area (Å²) in [6, 6.07) is 6.97. The lowest BCUT2D eigenvalue weighted by atomic mass is 10.2. The minimum atomic E-state index is -0.731. The van der Waals surface area contributed by atoms with Gasteiger partial charge in [0, 0.05) is 11.1 Å². The van der Waals surface area contributed by atoms with Gasteiger partial charge in [0.1, 0.15) is 6.61 Å². The maximum atomic E-state index is 12.2. The Balaban J connectivity index is 1.84. The fraction of sp³-hybridized carbons (Fsp3) is 0.588. The van der Waals surface area contributed by atoms with Gasteiger partial charge in [-0.3, -0.25) is 0 Å². The van der Waals surface area contributed by atoms with Crippen LogP contribution in [0.15, 0.2) is 28.7 Å². The number of rotatable bonds is 2. The molecule has 0 radical (unpaired) electrons. The Bertz CT molecular complexity index is 464. The first-order chi connectivity index (χ1) is 11.8. The number of carbonyl (C=O) groups is 1. The number of carbonyl (C=O) groups excluding carboxylic acids is 1. The summed E-state index contributed by atoms with van der Waals surface area (Å²) in [4.78, 5) is 12.2. The number of hydrogen-bond donors (Lipinski definition) is 0. The van der Waals surface area contributed by atoms with E-state index >= 15 is 0 Å². The predicted octanol–water partition coefficient (Wildman–Crippen LogP) is 2.79. The quantitative estimate of drug-likeness (QED) is 0.708. The second kappa shape index (κ2) is 11.5. The lowest BCUT2D eigenvalue weighted by molar-refractivity contribution is -0.148. The molecule has 1 fully saturated rings. The summed E-state index contributed by atoms with van der Waals surface area (Å²) in [5, 5.41) is 0. The topological polar surface area (TPSA) is 63.2 Å². The van der Waals surface area contributed by atoms with Crippen LogP contribution in [0.4, 0.5) is 0 Å². The van der Waals surface area contributed by atoms with Gasteiger partial charge in [0.25, 0.3) is 0 Å². The van der Waals surface area contributed by atoms with Crippen molar-refractivity contribution in [3.63, 3.8) is 0 Å². The molecule has 0 spiro atoms. The van der Waals surface area contributed by atoms with Gasteiger partial charge < -0.3 is 23.7 Å². The van der Waals surface area contributed by atoms with Crippen molar-refractivity contribution < 1.29 is 28.5 Å². The van der Waals surface area contributed by atoms with Crippen LogP contribution in [0.25, 0.3) is 0 Å². The molecule has 0 N–H and O–H groups in total. The van der Waals surface area contributed by atoms with E-state index in [0.29, 0.717) is 45.2 Å². The number of esters is 1. The summed E-state index contributed by atoms with van der Waals surface area (Å²) in [7, 11) is 0. The Kier molecular flexibility index (Phi) is 9.30. The van der Waals surface area contributed by atoms with Crippen LogP contribution >= 0.6 is 15.9 Å². The smallest absolute Gasteiger partial charge is 0.340 e. The molecule has 0 amide bonds. The first-order valence-corrected chi connectivity index (χ1v) is 8.86. The molecule has 1 unspecified atom stereocenters. The third-order valence-corrected chi connectivity index (χ3v) is 3.83. The van der Waals surface area contributed by atoms with E-state index in [1.165, 1.54) is 0 Å². The van der Waals surface area contributed by atoms with Crippen molar-refractivity contribution in [2.75, 3.05) is 46.2 Å². The van der Waals surface area contributed by atoms with Crippen LogP contribution in [0, 0.1) is 0 Å². The Labute approximate surface area is 150 Å². The highest BCUT2D eigenvalue weighted by Crippen LogP contribution is 2.12. The van der Waals surface area contributed by atoms with E-state index in [1.807, 2.05) is 0 Å². The van der Waals surface area contributed by atoms with Gasteiger partial charge in [0.2, 0.25) is 6.29 Å². The Morgan fingerprint density at radius 1 is 0.917 bits per heavy atom. The molecule has 2 rings (SSSR count). The van der Waals surface area contributed by atoms with Crippen LogP contribution < -0.4 is 0 Å². The van der Waals surface area contributed by atoms with Crippen LogP contribution in [0.1, 0.15) is 23.2 Å². The molecule has 134 valence electrons. The van der Waals surface area contributed by atoms with Crippen molar-refractivity contribution in [2.45, 2.75) is 19.1 Å². The largest absolute Gasteiger partial charge is 0.430 e. The van der Waals surface area contributed by atoms with Gasteiger partial charge in [-0.05, 0) is 37.1 Å². The van der Waals surface area contributed by atoms with Gasteiger partial charge in [-0.15, -0.1) is 0 Å². The summed E-state index contributed by atoms with van der Waals surface area (Å²) < 4.78 is 28.2. The first-order valence-electron chi connectivity index (χ1n) is 8.07. The fourth-order valence-corrected chi connectivity index (χ4v) is 2.29. The first kappa shape index (κ1) is 19.3. The summed E-state index contributed by atoms with van der Waals surface area (Å²) in [6.45, 7) is 3.37. The summed E-state index contributed by atoms with van der Waals surface area (Å²) in [5.74, 6) is -0.434. The Morgan fingerprint density at radius 3 is 2.29 bits per heavy atom. The molecular formula is C17H23BrO6. The molecule has 1 heterocycles. The van der Waals surface area contributed by atoms with Crippen LogP contribution in [-0.4, -0.2) is 58.5 Å². The molecule has 1 saturated heterocycles. The third kappa shape index (κ3) is 7.72. The van der Waals surface area contributed by atoms with Crippen molar-refractivity contribution in [3.05, 3.63) is 34.3 Å². The number of ether oxygens (including phenoxy) is 5. The predicted molar refractivity (Wildman–Crippen MR) is 91.0 cm³/mol. The van der Waals surface area contributed by atoms with Gasteiger partial charge >= 0.3 is 5.97 Å². The molecule has 0 saturated carbocycles. The molecule has 1 atom stereocenters. The van der Waals surface area contributed by atoms with Crippen molar-refractivity contribution in [2.24, 2.45) is 0 Å². The van der Waals surface area contributed by atoms with Crippen molar-refractivity contribution in [1.29, 1.82) is 0 Å². The standard InChI is InChI=1S/C17H23BrO6/c18-15-5-3-14(4-6-15)17(19)24-16-13-22-12-11-21-10-9-20-7-1-2-8-23-16/h3-6,16H,1-2,7-13H2. The van der Waals surface area contributed by atoms with Gasteiger partial charge in [-0.1, -0.05) is 15.9 Å². The lowest BCUT2D eigenvalue weighted by Gasteiger charge is -2.19. The van der Waals surface area contributed by atoms with E-state index in [-0.39, 0.29) is 6.61 Å². The van der Waals surface area contributed by atoms with Gasteiger partial charge in [0.05, 0.1) is 38.6 Å². The summed E-state index contributed by atoms with van der Waals surface area (Å²) in [5.41, 5.74) is 0.470. The zero-order chi connectivity index (χ0) is 17.0. The van der Waals surface area contributed by atoms with Gasteiger partial charge in [0.15, 0.2) is 0 Å². The normalized spacial score (nSPS) is 21.6. The van der Waals surface area contributed by atoms with Gasteiger partial charge in [-0.2, -0.15) is 0 Å². The van der Waals surface area contributed by atoms with E-state index in [2.05, 4.69) is 15.9 Å². The fourth-order valence-electron chi connectivity index (χ4n) is 2.03. The molecule has 0 bridgehead atoms. The minimum Gasteiger partial charge on any atom is -0.430 e. The molecule has 1 aliphatic heterocycles. The zero-order valence-electron chi connectivity index (χ0n) is 13.6. The van der Waals surface area contributed by atoms with Crippen molar-refractivity contribution in [1.82, 2.24) is 0 Å². The van der Waals surface area contributed by atoms with Crippen LogP contribution in [0.3, 0.4) is 0 Å². The molecule has 1 aromatic carbocycles. The maximum absolute atomic E-state index is 12.2. The van der Waals surface area contributed by atoms with E-state index < -0.39 is 12.3 Å².